The first-order valence-corrected chi connectivity index (χ1v) is 9.61. The van der Waals surface area contributed by atoms with Crippen LogP contribution in [0.15, 0.2) is 23.1 Å². The number of likely N-dealkylation sites (tertiary alicyclic amines) is 1. The molecule has 2 N–H and O–H groups in total. The number of nitrogens with two attached hydrogens (primary N) is 1. The quantitative estimate of drug-likeness (QED) is 0.895. The molecule has 1 aromatic rings. The number of sulfonamides is 1. The highest BCUT2D eigenvalue weighted by Gasteiger charge is 2.28. The molecular weight excluding hydrogens is 314 g/mol. The zero-order valence-electron chi connectivity index (χ0n) is 13.4. The number of rotatable bonds is 3. The van der Waals surface area contributed by atoms with E-state index < -0.39 is 10.0 Å². The molecule has 6 nitrogen and oxygen atoms in total. The van der Waals surface area contributed by atoms with E-state index in [2.05, 4.69) is 11.8 Å². The van der Waals surface area contributed by atoms with Crippen molar-refractivity contribution >= 4 is 21.6 Å². The maximum Gasteiger partial charge on any atom is 0.241 e. The van der Waals surface area contributed by atoms with Gasteiger partial charge in [-0.15, -0.1) is 0 Å². The van der Waals surface area contributed by atoms with E-state index in [-0.39, 0.29) is 10.8 Å². The molecule has 0 saturated carbocycles. The third-order valence-electron chi connectivity index (χ3n) is 4.86. The molecule has 23 heavy (non-hydrogen) atoms. The Kier molecular flexibility index (Phi) is 4.44. The minimum atomic E-state index is -3.70. The minimum Gasteiger partial charge on any atom is -0.311 e. The van der Waals surface area contributed by atoms with E-state index in [9.17, 15) is 13.2 Å². The number of piperidine rings is 1. The molecule has 1 fully saturated rings. The highest BCUT2D eigenvalue weighted by atomic mass is 32.2. The number of primary sulfonamides is 1. The normalized spacial score (nSPS) is 22.2. The van der Waals surface area contributed by atoms with Gasteiger partial charge >= 0.3 is 0 Å². The van der Waals surface area contributed by atoms with Crippen LogP contribution in [0, 0.1) is 0 Å². The molecule has 7 heteroatoms. The molecule has 1 atom stereocenters. The van der Waals surface area contributed by atoms with Crippen LogP contribution in [0.25, 0.3) is 0 Å². The molecule has 3 rings (SSSR count). The summed E-state index contributed by atoms with van der Waals surface area (Å²) in [6.45, 7) is 4.17. The van der Waals surface area contributed by atoms with Crippen molar-refractivity contribution in [2.75, 3.05) is 24.5 Å². The number of anilines is 1. The average Bonchev–Trinajstić information content (AvgIpc) is 2.92. The Morgan fingerprint density at radius 2 is 2.09 bits per heavy atom. The minimum absolute atomic E-state index is 0.0841. The maximum absolute atomic E-state index is 12.6. The van der Waals surface area contributed by atoms with Crippen LogP contribution in [0.5, 0.6) is 0 Å². The lowest BCUT2D eigenvalue weighted by atomic mass is 10.0. The van der Waals surface area contributed by atoms with Gasteiger partial charge in [-0.25, -0.2) is 13.6 Å². The molecule has 2 aliphatic rings. The Morgan fingerprint density at radius 1 is 1.30 bits per heavy atom. The fraction of sp³-hybridized carbons (Fsp3) is 0.562. The first-order valence-electron chi connectivity index (χ1n) is 8.06. The summed E-state index contributed by atoms with van der Waals surface area (Å²) in [6, 6.07) is 5.20. The maximum atomic E-state index is 12.6. The SMILES string of the molecule is C[C@H]1CCCCN1CC(=O)N1CCc2cc(S(N)(=O)=O)ccc21. The van der Waals surface area contributed by atoms with Crippen molar-refractivity contribution in [3.05, 3.63) is 23.8 Å². The number of benzene rings is 1. The predicted octanol–water partition coefficient (Wildman–Crippen LogP) is 1.10. The van der Waals surface area contributed by atoms with Crippen LogP contribution in [-0.2, 0) is 21.2 Å². The largest absolute Gasteiger partial charge is 0.311 e. The van der Waals surface area contributed by atoms with Gasteiger partial charge in [0.1, 0.15) is 0 Å². The van der Waals surface area contributed by atoms with Gasteiger partial charge in [0.05, 0.1) is 11.4 Å². The monoisotopic (exact) mass is 337 g/mol. The molecule has 0 spiro atoms. The molecule has 2 heterocycles. The van der Waals surface area contributed by atoms with Crippen LogP contribution in [0.3, 0.4) is 0 Å². The van der Waals surface area contributed by atoms with E-state index in [1.807, 2.05) is 0 Å². The molecule has 126 valence electrons. The third kappa shape index (κ3) is 3.41. The van der Waals surface area contributed by atoms with Crippen molar-refractivity contribution in [2.45, 2.75) is 43.5 Å². The van der Waals surface area contributed by atoms with Crippen molar-refractivity contribution in [3.8, 4) is 0 Å². The molecular formula is C16H23N3O3S. The number of hydrogen-bond acceptors (Lipinski definition) is 4. The van der Waals surface area contributed by atoms with Crippen LogP contribution < -0.4 is 10.0 Å². The van der Waals surface area contributed by atoms with Crippen molar-refractivity contribution in [1.82, 2.24) is 4.90 Å². The van der Waals surface area contributed by atoms with E-state index in [0.29, 0.717) is 25.6 Å². The number of nitrogens with zero attached hydrogens (tertiary/aromatic N) is 2. The summed E-state index contributed by atoms with van der Waals surface area (Å²) < 4.78 is 22.9. The lowest BCUT2D eigenvalue weighted by Gasteiger charge is -2.33. The van der Waals surface area contributed by atoms with Gasteiger partial charge in [0.2, 0.25) is 15.9 Å². The van der Waals surface area contributed by atoms with Crippen LogP contribution in [0.1, 0.15) is 31.7 Å². The number of carbonyl (C=O) groups excluding carboxylic acids is 1. The van der Waals surface area contributed by atoms with E-state index >= 15 is 0 Å². The summed E-state index contributed by atoms with van der Waals surface area (Å²) in [5.74, 6) is 0.0841. The van der Waals surface area contributed by atoms with Gasteiger partial charge in [-0.1, -0.05) is 6.42 Å². The molecule has 1 amide bonds. The van der Waals surface area contributed by atoms with E-state index in [4.69, 9.17) is 5.14 Å². The Bertz CT molecular complexity index is 717. The number of hydrogen-bond donors (Lipinski definition) is 1. The first kappa shape index (κ1) is 16.4. The lowest BCUT2D eigenvalue weighted by molar-refractivity contribution is -0.120. The lowest BCUT2D eigenvalue weighted by Crippen LogP contribution is -2.45. The average molecular weight is 337 g/mol. The van der Waals surface area contributed by atoms with Gasteiger partial charge in [0.25, 0.3) is 0 Å². The van der Waals surface area contributed by atoms with Gasteiger partial charge in [-0.3, -0.25) is 9.69 Å². The molecule has 2 aliphatic heterocycles. The summed E-state index contributed by atoms with van der Waals surface area (Å²) in [5.41, 5.74) is 1.68. The first-order chi connectivity index (χ1) is 10.9. The summed E-state index contributed by atoms with van der Waals surface area (Å²) in [7, 11) is -3.70. The smallest absolute Gasteiger partial charge is 0.241 e. The second-order valence-electron chi connectivity index (χ2n) is 6.45. The van der Waals surface area contributed by atoms with Gasteiger partial charge < -0.3 is 4.90 Å². The Balaban J connectivity index is 1.75. The van der Waals surface area contributed by atoms with Crippen LogP contribution >= 0.6 is 0 Å². The van der Waals surface area contributed by atoms with Crippen molar-refractivity contribution in [1.29, 1.82) is 0 Å². The molecule has 1 aromatic carbocycles. The standard InChI is InChI=1S/C16H23N3O3S/c1-12-4-2-3-8-18(12)11-16(20)19-9-7-13-10-14(23(17,21)22)5-6-15(13)19/h5-6,10,12H,2-4,7-9,11H2,1H3,(H2,17,21,22)/t12-/m0/s1. The summed E-state index contributed by atoms with van der Waals surface area (Å²) in [5, 5.41) is 5.17. The molecule has 0 aromatic heterocycles. The predicted molar refractivity (Wildman–Crippen MR) is 88.8 cm³/mol. The molecule has 0 aliphatic carbocycles. The van der Waals surface area contributed by atoms with Crippen molar-refractivity contribution < 1.29 is 13.2 Å². The Labute approximate surface area is 137 Å². The molecule has 0 radical (unpaired) electrons. The van der Waals surface area contributed by atoms with E-state index in [1.165, 1.54) is 12.5 Å². The van der Waals surface area contributed by atoms with E-state index in [0.717, 1.165) is 30.6 Å². The van der Waals surface area contributed by atoms with Gasteiger partial charge in [-0.2, -0.15) is 0 Å². The Hall–Kier alpha value is -1.44. The van der Waals surface area contributed by atoms with Gasteiger partial charge in [-0.05, 0) is 56.5 Å². The Morgan fingerprint density at radius 3 is 2.78 bits per heavy atom. The van der Waals surface area contributed by atoms with Crippen molar-refractivity contribution in [3.63, 3.8) is 0 Å². The number of amides is 1. The number of carbonyl (C=O) groups is 1. The molecule has 0 unspecified atom stereocenters. The summed E-state index contributed by atoms with van der Waals surface area (Å²) >= 11 is 0. The van der Waals surface area contributed by atoms with Crippen LogP contribution in [0.2, 0.25) is 0 Å². The van der Waals surface area contributed by atoms with Gasteiger partial charge in [0.15, 0.2) is 0 Å². The highest BCUT2D eigenvalue weighted by Crippen LogP contribution is 2.30. The highest BCUT2D eigenvalue weighted by molar-refractivity contribution is 7.89. The van der Waals surface area contributed by atoms with Crippen molar-refractivity contribution in [2.24, 2.45) is 5.14 Å². The van der Waals surface area contributed by atoms with E-state index in [1.54, 1.807) is 17.0 Å². The second kappa shape index (κ2) is 6.22. The number of fused-ring (bicyclic) bond motifs is 1. The fourth-order valence-electron chi connectivity index (χ4n) is 3.47. The van der Waals surface area contributed by atoms with Gasteiger partial charge in [0, 0.05) is 18.3 Å². The second-order valence-corrected chi connectivity index (χ2v) is 8.01. The summed E-state index contributed by atoms with van der Waals surface area (Å²) in [6.07, 6.45) is 4.18. The zero-order valence-corrected chi connectivity index (χ0v) is 14.2. The third-order valence-corrected chi connectivity index (χ3v) is 5.77. The molecule has 1 saturated heterocycles. The molecule has 0 bridgehead atoms. The zero-order chi connectivity index (χ0) is 16.6. The fourth-order valence-corrected chi connectivity index (χ4v) is 4.03. The van der Waals surface area contributed by atoms with Crippen LogP contribution in [-0.4, -0.2) is 44.9 Å². The summed E-state index contributed by atoms with van der Waals surface area (Å²) in [4.78, 5) is 16.8. The topological polar surface area (TPSA) is 83.7 Å². The van der Waals surface area contributed by atoms with Crippen LogP contribution in [0.4, 0.5) is 5.69 Å².